The lowest BCUT2D eigenvalue weighted by Gasteiger charge is -2.17. The third-order valence-corrected chi connectivity index (χ3v) is 3.99. The number of rotatable bonds is 7. The number of halogens is 2. The third kappa shape index (κ3) is 6.46. The van der Waals surface area contributed by atoms with Crippen molar-refractivity contribution in [1.29, 1.82) is 0 Å². The Morgan fingerprint density at radius 3 is 2.50 bits per heavy atom. The van der Waals surface area contributed by atoms with Crippen LogP contribution in [0.5, 0.6) is 0 Å². The number of quaternary nitrogens is 1. The second-order valence-electron chi connectivity index (χ2n) is 6.21. The van der Waals surface area contributed by atoms with Gasteiger partial charge >= 0.3 is 0 Å². The summed E-state index contributed by atoms with van der Waals surface area (Å²) in [5, 5.41) is 6.11. The van der Waals surface area contributed by atoms with Gasteiger partial charge in [-0.2, -0.15) is 0 Å². The molecule has 2 aromatic rings. The fourth-order valence-corrected chi connectivity index (χ4v) is 2.73. The summed E-state index contributed by atoms with van der Waals surface area (Å²) in [7, 11) is 1.74. The van der Waals surface area contributed by atoms with Crippen LogP contribution in [0.15, 0.2) is 48.5 Å². The fraction of sp³-hybridized carbons (Fsp3) is 0.263. The Hall–Kier alpha value is -2.44. The summed E-state index contributed by atoms with van der Waals surface area (Å²) in [6, 6.07) is 12.8. The first-order valence-corrected chi connectivity index (χ1v) is 8.63. The minimum Gasteiger partial charge on any atom is -0.345 e. The Kier molecular flexibility index (Phi) is 7.12. The average molecular weight is 379 g/mol. The Bertz CT molecular complexity index is 785. The van der Waals surface area contributed by atoms with Gasteiger partial charge < -0.3 is 15.5 Å². The van der Waals surface area contributed by atoms with E-state index in [1.165, 1.54) is 18.2 Å². The normalized spacial score (nSPS) is 12.9. The Morgan fingerprint density at radius 1 is 1.12 bits per heavy atom. The van der Waals surface area contributed by atoms with Crippen LogP contribution in [0.3, 0.4) is 0 Å². The van der Waals surface area contributed by atoms with Crippen molar-refractivity contribution < 1.29 is 18.9 Å². The Balaban J connectivity index is 1.80. The molecule has 0 bridgehead atoms. The van der Waals surface area contributed by atoms with Crippen molar-refractivity contribution in [3.8, 4) is 0 Å². The molecule has 0 aliphatic heterocycles. The third-order valence-electron chi connectivity index (χ3n) is 3.76. The van der Waals surface area contributed by atoms with Gasteiger partial charge in [0.15, 0.2) is 13.1 Å². The number of amides is 2. The zero-order valence-electron chi connectivity index (χ0n) is 14.7. The van der Waals surface area contributed by atoms with Gasteiger partial charge in [-0.05, 0) is 42.8 Å². The largest absolute Gasteiger partial charge is 0.345 e. The van der Waals surface area contributed by atoms with Crippen LogP contribution in [-0.4, -0.2) is 32.0 Å². The lowest BCUT2D eigenvalue weighted by Crippen LogP contribution is -3.11. The molecule has 7 heteroatoms. The molecule has 26 heavy (non-hydrogen) atoms. The number of anilines is 1. The molecule has 0 spiro atoms. The highest BCUT2D eigenvalue weighted by molar-refractivity contribution is 6.30. The van der Waals surface area contributed by atoms with E-state index in [-0.39, 0.29) is 30.9 Å². The van der Waals surface area contributed by atoms with Gasteiger partial charge in [-0.1, -0.05) is 29.8 Å². The molecule has 0 aliphatic rings. The second kappa shape index (κ2) is 9.31. The SMILES string of the molecule is C[C@H](NC(=O)C[NH+](C)CC(=O)Nc1cccc(F)c1)c1cccc(Cl)c1. The molecule has 0 saturated heterocycles. The van der Waals surface area contributed by atoms with E-state index in [4.69, 9.17) is 11.6 Å². The minimum atomic E-state index is -0.419. The first-order chi connectivity index (χ1) is 12.3. The van der Waals surface area contributed by atoms with Gasteiger partial charge in [0.1, 0.15) is 5.82 Å². The number of carbonyl (C=O) groups excluding carboxylic acids is 2. The van der Waals surface area contributed by atoms with Crippen LogP contribution in [0.4, 0.5) is 10.1 Å². The Labute approximate surface area is 157 Å². The minimum absolute atomic E-state index is 0.0927. The monoisotopic (exact) mass is 378 g/mol. The van der Waals surface area contributed by atoms with Crippen molar-refractivity contribution >= 4 is 29.1 Å². The van der Waals surface area contributed by atoms with Crippen LogP contribution in [0.25, 0.3) is 0 Å². The van der Waals surface area contributed by atoms with Crippen LogP contribution in [0.1, 0.15) is 18.5 Å². The van der Waals surface area contributed by atoms with Crippen molar-refractivity contribution in [2.45, 2.75) is 13.0 Å². The topological polar surface area (TPSA) is 62.6 Å². The molecule has 2 aromatic carbocycles. The molecule has 0 aromatic heterocycles. The molecule has 1 unspecified atom stereocenters. The van der Waals surface area contributed by atoms with Gasteiger partial charge in [-0.25, -0.2) is 4.39 Å². The molecule has 138 valence electrons. The number of hydrogen-bond acceptors (Lipinski definition) is 2. The quantitative estimate of drug-likeness (QED) is 0.688. The maximum Gasteiger partial charge on any atom is 0.279 e. The van der Waals surface area contributed by atoms with Crippen molar-refractivity contribution in [3.05, 3.63) is 64.9 Å². The maximum absolute atomic E-state index is 13.1. The average Bonchev–Trinajstić information content (AvgIpc) is 2.54. The highest BCUT2D eigenvalue weighted by Gasteiger charge is 2.16. The molecule has 0 radical (unpaired) electrons. The van der Waals surface area contributed by atoms with E-state index in [2.05, 4.69) is 10.6 Å². The van der Waals surface area contributed by atoms with Gasteiger partial charge in [0, 0.05) is 10.7 Å². The van der Waals surface area contributed by atoms with E-state index >= 15 is 0 Å². The molecule has 0 aliphatic carbocycles. The summed E-state index contributed by atoms with van der Waals surface area (Å²) in [5.74, 6) is -0.879. The van der Waals surface area contributed by atoms with Gasteiger partial charge in [0.2, 0.25) is 0 Å². The number of nitrogens with one attached hydrogen (secondary N) is 3. The molecule has 0 fully saturated rings. The van der Waals surface area contributed by atoms with Crippen LogP contribution in [0.2, 0.25) is 5.02 Å². The van der Waals surface area contributed by atoms with E-state index < -0.39 is 5.82 Å². The van der Waals surface area contributed by atoms with Crippen molar-refractivity contribution in [2.24, 2.45) is 0 Å². The number of hydrogen-bond donors (Lipinski definition) is 3. The lowest BCUT2D eigenvalue weighted by molar-refractivity contribution is -0.862. The van der Waals surface area contributed by atoms with Gasteiger partial charge in [0.05, 0.1) is 13.1 Å². The number of carbonyl (C=O) groups is 2. The van der Waals surface area contributed by atoms with Crippen molar-refractivity contribution in [3.63, 3.8) is 0 Å². The van der Waals surface area contributed by atoms with E-state index in [0.717, 1.165) is 10.5 Å². The van der Waals surface area contributed by atoms with E-state index in [0.29, 0.717) is 10.7 Å². The predicted molar refractivity (Wildman–Crippen MR) is 99.7 cm³/mol. The summed E-state index contributed by atoms with van der Waals surface area (Å²) in [5.41, 5.74) is 1.30. The highest BCUT2D eigenvalue weighted by Crippen LogP contribution is 2.17. The molecular formula is C19H22ClFN3O2+. The Morgan fingerprint density at radius 2 is 1.81 bits per heavy atom. The predicted octanol–water partition coefficient (Wildman–Crippen LogP) is 1.81. The lowest BCUT2D eigenvalue weighted by atomic mass is 10.1. The number of benzene rings is 2. The van der Waals surface area contributed by atoms with Gasteiger partial charge in [-0.15, -0.1) is 0 Å². The molecular weight excluding hydrogens is 357 g/mol. The molecule has 0 heterocycles. The van der Waals surface area contributed by atoms with Gasteiger partial charge in [-0.3, -0.25) is 9.59 Å². The summed E-state index contributed by atoms with van der Waals surface area (Å²) in [6.07, 6.45) is 0. The van der Waals surface area contributed by atoms with Crippen LogP contribution < -0.4 is 15.5 Å². The smallest absolute Gasteiger partial charge is 0.279 e. The van der Waals surface area contributed by atoms with Crippen LogP contribution in [0, 0.1) is 5.82 Å². The van der Waals surface area contributed by atoms with Crippen molar-refractivity contribution in [2.75, 3.05) is 25.5 Å². The summed E-state index contributed by atoms with van der Waals surface area (Å²) in [4.78, 5) is 24.9. The highest BCUT2D eigenvalue weighted by atomic mass is 35.5. The zero-order valence-corrected chi connectivity index (χ0v) is 15.4. The molecule has 2 atom stereocenters. The molecule has 5 nitrogen and oxygen atoms in total. The zero-order chi connectivity index (χ0) is 19.1. The van der Waals surface area contributed by atoms with E-state index in [1.54, 1.807) is 25.2 Å². The summed E-state index contributed by atoms with van der Waals surface area (Å²) < 4.78 is 13.1. The van der Waals surface area contributed by atoms with Gasteiger partial charge in [0.25, 0.3) is 11.8 Å². The number of likely N-dealkylation sites (N-methyl/N-ethyl adjacent to an activating group) is 1. The summed E-state index contributed by atoms with van der Waals surface area (Å²) >= 11 is 5.96. The second-order valence-corrected chi connectivity index (χ2v) is 6.65. The van der Waals surface area contributed by atoms with Crippen LogP contribution >= 0.6 is 11.6 Å². The molecule has 2 rings (SSSR count). The van der Waals surface area contributed by atoms with Crippen molar-refractivity contribution in [1.82, 2.24) is 5.32 Å². The molecule has 3 N–H and O–H groups in total. The fourth-order valence-electron chi connectivity index (χ4n) is 2.53. The summed E-state index contributed by atoms with van der Waals surface area (Å²) in [6.45, 7) is 2.10. The molecule has 2 amide bonds. The maximum atomic E-state index is 13.1. The standard InChI is InChI=1S/C19H21ClFN3O2/c1-13(14-5-3-6-15(20)9-14)22-18(25)11-24(2)12-19(26)23-17-8-4-7-16(21)10-17/h3-10,13H,11-12H2,1-2H3,(H,22,25)(H,23,26)/p+1/t13-/m0/s1. The first-order valence-electron chi connectivity index (χ1n) is 8.25. The van der Waals surface area contributed by atoms with Crippen LogP contribution in [-0.2, 0) is 9.59 Å². The van der Waals surface area contributed by atoms with E-state index in [9.17, 15) is 14.0 Å². The van der Waals surface area contributed by atoms with E-state index in [1.807, 2.05) is 19.1 Å². The first kappa shape index (κ1) is 19.9. The molecule has 0 saturated carbocycles.